The van der Waals surface area contributed by atoms with E-state index in [2.05, 4.69) is 10.3 Å². The van der Waals surface area contributed by atoms with Crippen LogP contribution in [0, 0.1) is 18.8 Å². The molecule has 23 heavy (non-hydrogen) atoms. The van der Waals surface area contributed by atoms with Crippen LogP contribution in [0.25, 0.3) is 0 Å². The third kappa shape index (κ3) is 5.49. The standard InChI is InChI=1S/C16H25N3O3S/c1-11-7-13(15(20)21)9-19(8-11)16(22)17-6-4-3-5-14-18-12(2)10-23-14/h10-11,13H,3-9H2,1-2H3,(H,17,22)(H,20,21). The Hall–Kier alpha value is -1.63. The summed E-state index contributed by atoms with van der Waals surface area (Å²) in [5, 5.41) is 15.2. The highest BCUT2D eigenvalue weighted by Gasteiger charge is 2.31. The summed E-state index contributed by atoms with van der Waals surface area (Å²) >= 11 is 1.68. The largest absolute Gasteiger partial charge is 0.481 e. The zero-order valence-electron chi connectivity index (χ0n) is 13.7. The maximum atomic E-state index is 12.2. The lowest BCUT2D eigenvalue weighted by atomic mass is 9.91. The fourth-order valence-corrected chi connectivity index (χ4v) is 3.74. The Morgan fingerprint density at radius 1 is 1.43 bits per heavy atom. The number of unbranched alkanes of at least 4 members (excludes halogenated alkanes) is 1. The van der Waals surface area contributed by atoms with E-state index in [4.69, 9.17) is 5.11 Å². The predicted molar refractivity (Wildman–Crippen MR) is 89.7 cm³/mol. The summed E-state index contributed by atoms with van der Waals surface area (Å²) in [7, 11) is 0. The summed E-state index contributed by atoms with van der Waals surface area (Å²) in [4.78, 5) is 29.4. The van der Waals surface area contributed by atoms with Crippen molar-refractivity contribution in [1.29, 1.82) is 0 Å². The van der Waals surface area contributed by atoms with Gasteiger partial charge in [0, 0.05) is 30.7 Å². The Kier molecular flexibility index (Phi) is 6.38. The number of urea groups is 1. The number of rotatable bonds is 6. The number of aryl methyl sites for hydroxylation is 2. The first-order valence-electron chi connectivity index (χ1n) is 8.12. The van der Waals surface area contributed by atoms with E-state index in [1.165, 1.54) is 0 Å². The van der Waals surface area contributed by atoms with Crippen molar-refractivity contribution >= 4 is 23.3 Å². The van der Waals surface area contributed by atoms with Crippen molar-refractivity contribution in [3.8, 4) is 0 Å². The molecule has 0 saturated carbocycles. The molecule has 0 aliphatic carbocycles. The van der Waals surface area contributed by atoms with E-state index >= 15 is 0 Å². The molecule has 0 radical (unpaired) electrons. The van der Waals surface area contributed by atoms with E-state index in [9.17, 15) is 9.59 Å². The molecule has 6 nitrogen and oxygen atoms in total. The van der Waals surface area contributed by atoms with Crippen molar-refractivity contribution < 1.29 is 14.7 Å². The third-order valence-electron chi connectivity index (χ3n) is 4.06. The Morgan fingerprint density at radius 2 is 2.22 bits per heavy atom. The SMILES string of the molecule is Cc1csc(CCCCNC(=O)N2CC(C)CC(C(=O)O)C2)n1. The summed E-state index contributed by atoms with van der Waals surface area (Å²) in [6.45, 7) is 5.54. The predicted octanol–water partition coefficient (Wildman–Crippen LogP) is 2.53. The van der Waals surface area contributed by atoms with Gasteiger partial charge in [-0.05, 0) is 38.5 Å². The van der Waals surface area contributed by atoms with Crippen molar-refractivity contribution in [1.82, 2.24) is 15.2 Å². The number of nitrogens with zero attached hydrogens (tertiary/aromatic N) is 2. The summed E-state index contributed by atoms with van der Waals surface area (Å²) in [5.41, 5.74) is 1.06. The van der Waals surface area contributed by atoms with Crippen LogP contribution in [-0.2, 0) is 11.2 Å². The molecule has 2 heterocycles. The monoisotopic (exact) mass is 339 g/mol. The topological polar surface area (TPSA) is 82.5 Å². The first-order valence-corrected chi connectivity index (χ1v) is 9.00. The normalized spacial score (nSPS) is 21.2. The molecule has 2 unspecified atom stereocenters. The molecular formula is C16H25N3O3S. The van der Waals surface area contributed by atoms with Crippen LogP contribution in [0.15, 0.2) is 5.38 Å². The van der Waals surface area contributed by atoms with Gasteiger partial charge in [0.25, 0.3) is 0 Å². The van der Waals surface area contributed by atoms with Gasteiger partial charge in [0.15, 0.2) is 0 Å². The van der Waals surface area contributed by atoms with Crippen molar-refractivity contribution in [2.45, 2.75) is 39.5 Å². The highest BCUT2D eigenvalue weighted by Crippen LogP contribution is 2.21. The first kappa shape index (κ1) is 17.7. The number of carboxylic acid groups (broad SMARTS) is 1. The number of thiazole rings is 1. The van der Waals surface area contributed by atoms with E-state index in [0.717, 1.165) is 30.0 Å². The molecule has 2 amide bonds. The molecule has 2 atom stereocenters. The smallest absolute Gasteiger partial charge is 0.317 e. The third-order valence-corrected chi connectivity index (χ3v) is 5.08. The number of amides is 2. The number of carbonyl (C=O) groups excluding carboxylic acids is 1. The molecule has 1 fully saturated rings. The minimum Gasteiger partial charge on any atom is -0.481 e. The van der Waals surface area contributed by atoms with Crippen molar-refractivity contribution in [2.75, 3.05) is 19.6 Å². The molecule has 0 spiro atoms. The molecule has 1 saturated heterocycles. The number of hydrogen-bond donors (Lipinski definition) is 2. The highest BCUT2D eigenvalue weighted by molar-refractivity contribution is 7.09. The molecule has 1 aromatic rings. The van der Waals surface area contributed by atoms with Crippen molar-refractivity contribution in [3.05, 3.63) is 16.1 Å². The van der Waals surface area contributed by atoms with E-state index in [0.29, 0.717) is 26.1 Å². The molecular weight excluding hydrogens is 314 g/mol. The van der Waals surface area contributed by atoms with Crippen LogP contribution in [0.4, 0.5) is 4.79 Å². The van der Waals surface area contributed by atoms with Gasteiger partial charge in [-0.2, -0.15) is 0 Å². The lowest BCUT2D eigenvalue weighted by Crippen LogP contribution is -2.49. The van der Waals surface area contributed by atoms with E-state index < -0.39 is 11.9 Å². The summed E-state index contributed by atoms with van der Waals surface area (Å²) < 4.78 is 0. The molecule has 7 heteroatoms. The van der Waals surface area contributed by atoms with E-state index in [1.807, 2.05) is 19.2 Å². The van der Waals surface area contributed by atoms with Crippen LogP contribution in [0.2, 0.25) is 0 Å². The molecule has 0 aromatic carbocycles. The fraction of sp³-hybridized carbons (Fsp3) is 0.688. The van der Waals surface area contributed by atoms with Gasteiger partial charge in [0.1, 0.15) is 0 Å². The van der Waals surface area contributed by atoms with Crippen molar-refractivity contribution in [3.63, 3.8) is 0 Å². The van der Waals surface area contributed by atoms with Crippen LogP contribution < -0.4 is 5.32 Å². The van der Waals surface area contributed by atoms with Gasteiger partial charge in [-0.1, -0.05) is 6.92 Å². The maximum absolute atomic E-state index is 12.2. The molecule has 0 bridgehead atoms. The lowest BCUT2D eigenvalue weighted by Gasteiger charge is -2.34. The maximum Gasteiger partial charge on any atom is 0.317 e. The Bertz CT molecular complexity index is 546. The van der Waals surface area contributed by atoms with Gasteiger partial charge >= 0.3 is 12.0 Å². The second-order valence-corrected chi connectivity index (χ2v) is 7.30. The zero-order chi connectivity index (χ0) is 16.8. The van der Waals surface area contributed by atoms with Gasteiger partial charge in [0.05, 0.1) is 10.9 Å². The highest BCUT2D eigenvalue weighted by atomic mass is 32.1. The van der Waals surface area contributed by atoms with Crippen LogP contribution in [0.5, 0.6) is 0 Å². The first-order chi connectivity index (χ1) is 11.0. The molecule has 1 aliphatic heterocycles. The summed E-state index contributed by atoms with van der Waals surface area (Å²) in [6, 6.07) is -0.145. The molecule has 128 valence electrons. The van der Waals surface area contributed by atoms with E-state index in [1.54, 1.807) is 16.2 Å². The van der Waals surface area contributed by atoms with Crippen LogP contribution in [0.1, 0.15) is 36.9 Å². The minimum atomic E-state index is -0.812. The second-order valence-electron chi connectivity index (χ2n) is 6.35. The van der Waals surface area contributed by atoms with Crippen LogP contribution >= 0.6 is 11.3 Å². The van der Waals surface area contributed by atoms with Gasteiger partial charge < -0.3 is 15.3 Å². The number of aliphatic carboxylic acids is 1. The number of carboxylic acids is 1. The van der Waals surface area contributed by atoms with Crippen LogP contribution in [0.3, 0.4) is 0 Å². The number of hydrogen-bond acceptors (Lipinski definition) is 4. The lowest BCUT2D eigenvalue weighted by molar-refractivity contribution is -0.143. The van der Waals surface area contributed by atoms with Gasteiger partial charge in [-0.15, -0.1) is 11.3 Å². The van der Waals surface area contributed by atoms with Gasteiger partial charge in [-0.25, -0.2) is 9.78 Å². The number of carbonyl (C=O) groups is 2. The minimum absolute atomic E-state index is 0.145. The van der Waals surface area contributed by atoms with E-state index in [-0.39, 0.29) is 11.9 Å². The van der Waals surface area contributed by atoms with Crippen LogP contribution in [-0.4, -0.2) is 46.6 Å². The van der Waals surface area contributed by atoms with Gasteiger partial charge in [-0.3, -0.25) is 4.79 Å². The second kappa shape index (κ2) is 8.29. The average molecular weight is 339 g/mol. The molecule has 1 aromatic heterocycles. The number of nitrogens with one attached hydrogen (secondary N) is 1. The Labute approximate surface area is 140 Å². The van der Waals surface area contributed by atoms with Gasteiger partial charge in [0.2, 0.25) is 0 Å². The summed E-state index contributed by atoms with van der Waals surface area (Å²) in [5.74, 6) is -1.03. The fourth-order valence-electron chi connectivity index (χ4n) is 2.92. The summed E-state index contributed by atoms with van der Waals surface area (Å²) in [6.07, 6.45) is 3.47. The zero-order valence-corrected chi connectivity index (χ0v) is 14.6. The molecule has 2 rings (SSSR count). The number of likely N-dealkylation sites (tertiary alicyclic amines) is 1. The Balaban J connectivity index is 1.66. The Morgan fingerprint density at radius 3 is 2.87 bits per heavy atom. The molecule has 1 aliphatic rings. The quantitative estimate of drug-likeness (QED) is 0.780. The average Bonchev–Trinajstić information content (AvgIpc) is 2.91. The number of piperidine rings is 1. The number of aromatic nitrogens is 1. The molecule has 2 N–H and O–H groups in total. The van der Waals surface area contributed by atoms with Crippen molar-refractivity contribution in [2.24, 2.45) is 11.8 Å².